The predicted molar refractivity (Wildman–Crippen MR) is 110 cm³/mol. The van der Waals surface area contributed by atoms with E-state index in [-0.39, 0.29) is 12.3 Å². The number of amides is 1. The second-order valence-corrected chi connectivity index (χ2v) is 7.31. The van der Waals surface area contributed by atoms with E-state index < -0.39 is 0 Å². The van der Waals surface area contributed by atoms with Crippen LogP contribution in [0.5, 0.6) is 5.75 Å². The number of nitrogens with zero attached hydrogens (tertiary/aromatic N) is 1. The van der Waals surface area contributed by atoms with Crippen LogP contribution in [-0.4, -0.2) is 17.5 Å². The van der Waals surface area contributed by atoms with E-state index in [1.807, 2.05) is 36.6 Å². The van der Waals surface area contributed by atoms with Gasteiger partial charge in [0.25, 0.3) is 0 Å². The number of rotatable bonds is 7. The highest BCUT2D eigenvalue weighted by Crippen LogP contribution is 2.32. The van der Waals surface area contributed by atoms with Crippen LogP contribution in [-0.2, 0) is 17.8 Å². The molecule has 1 heterocycles. The van der Waals surface area contributed by atoms with Crippen molar-refractivity contribution in [1.82, 2.24) is 10.3 Å². The summed E-state index contributed by atoms with van der Waals surface area (Å²) >= 11 is 1.53. The monoisotopic (exact) mass is 380 g/mol. The van der Waals surface area contributed by atoms with Gasteiger partial charge in [-0.2, -0.15) is 0 Å². The molecule has 1 aromatic heterocycles. The van der Waals surface area contributed by atoms with Crippen molar-refractivity contribution >= 4 is 17.2 Å². The van der Waals surface area contributed by atoms with Crippen LogP contribution in [0.1, 0.15) is 29.3 Å². The van der Waals surface area contributed by atoms with Gasteiger partial charge in [-0.05, 0) is 44.0 Å². The van der Waals surface area contributed by atoms with E-state index in [4.69, 9.17) is 4.74 Å². The van der Waals surface area contributed by atoms with Gasteiger partial charge in [0, 0.05) is 11.9 Å². The van der Waals surface area contributed by atoms with Crippen LogP contribution in [0.3, 0.4) is 0 Å². The van der Waals surface area contributed by atoms with E-state index >= 15 is 0 Å². The number of carbonyl (C=O) groups is 1. The number of aryl methyl sites for hydroxylation is 2. The Labute approximate surface area is 164 Å². The predicted octanol–water partition coefficient (Wildman–Crippen LogP) is 4.68. The SMILES string of the molecule is CCOc1ccccc1-c1nc(CC(=O)NCc2ccc(C)cc2C)cs1. The fourth-order valence-electron chi connectivity index (χ4n) is 2.90. The minimum absolute atomic E-state index is 0.0232. The number of nitrogens with one attached hydrogen (secondary N) is 1. The van der Waals surface area contributed by atoms with Crippen molar-refractivity contribution in [1.29, 1.82) is 0 Å². The highest BCUT2D eigenvalue weighted by Gasteiger charge is 2.12. The van der Waals surface area contributed by atoms with Crippen LogP contribution in [0.2, 0.25) is 0 Å². The Hall–Kier alpha value is -2.66. The first-order valence-corrected chi connectivity index (χ1v) is 9.94. The number of carbonyl (C=O) groups excluding carboxylic acids is 1. The Kier molecular flexibility index (Phi) is 6.24. The van der Waals surface area contributed by atoms with Crippen molar-refractivity contribution < 1.29 is 9.53 Å². The molecule has 140 valence electrons. The first-order valence-electron chi connectivity index (χ1n) is 9.06. The maximum Gasteiger partial charge on any atom is 0.226 e. The molecule has 2 aromatic carbocycles. The van der Waals surface area contributed by atoms with Gasteiger partial charge in [-0.15, -0.1) is 11.3 Å². The Morgan fingerprint density at radius 1 is 1.19 bits per heavy atom. The molecule has 0 radical (unpaired) electrons. The zero-order valence-corrected chi connectivity index (χ0v) is 16.7. The first kappa shape index (κ1) is 19.1. The van der Waals surface area contributed by atoms with E-state index in [2.05, 4.69) is 42.3 Å². The Bertz CT molecular complexity index is 934. The molecule has 0 bridgehead atoms. The van der Waals surface area contributed by atoms with Crippen molar-refractivity contribution in [3.05, 3.63) is 70.2 Å². The molecule has 0 fully saturated rings. The molecule has 3 rings (SSSR count). The number of aromatic nitrogens is 1. The number of para-hydroxylation sites is 1. The molecule has 5 heteroatoms. The molecule has 27 heavy (non-hydrogen) atoms. The van der Waals surface area contributed by atoms with Crippen molar-refractivity contribution in [3.63, 3.8) is 0 Å². The summed E-state index contributed by atoms with van der Waals surface area (Å²) in [5.41, 5.74) is 5.30. The molecule has 0 unspecified atom stereocenters. The van der Waals surface area contributed by atoms with Gasteiger partial charge in [-0.1, -0.05) is 35.9 Å². The lowest BCUT2D eigenvalue weighted by Gasteiger charge is -2.08. The largest absolute Gasteiger partial charge is 0.493 e. The second-order valence-electron chi connectivity index (χ2n) is 6.46. The van der Waals surface area contributed by atoms with Crippen molar-refractivity contribution in [2.45, 2.75) is 33.7 Å². The summed E-state index contributed by atoms with van der Waals surface area (Å²) in [6, 6.07) is 14.1. The molecule has 0 aliphatic rings. The fourth-order valence-corrected chi connectivity index (χ4v) is 3.75. The van der Waals surface area contributed by atoms with Crippen LogP contribution < -0.4 is 10.1 Å². The molecular formula is C22H24N2O2S. The Morgan fingerprint density at radius 3 is 2.78 bits per heavy atom. The summed E-state index contributed by atoms with van der Waals surface area (Å²) < 4.78 is 5.68. The minimum Gasteiger partial charge on any atom is -0.493 e. The smallest absolute Gasteiger partial charge is 0.226 e. The lowest BCUT2D eigenvalue weighted by atomic mass is 10.1. The third kappa shape index (κ3) is 4.95. The van der Waals surface area contributed by atoms with E-state index in [1.54, 1.807) is 0 Å². The average Bonchev–Trinajstić information content (AvgIpc) is 3.10. The summed E-state index contributed by atoms with van der Waals surface area (Å²) in [7, 11) is 0. The van der Waals surface area contributed by atoms with E-state index in [1.165, 1.54) is 22.5 Å². The molecule has 3 aromatic rings. The van der Waals surface area contributed by atoms with Crippen LogP contribution >= 0.6 is 11.3 Å². The maximum atomic E-state index is 12.3. The summed E-state index contributed by atoms with van der Waals surface area (Å²) in [5, 5.41) is 5.80. The van der Waals surface area contributed by atoms with Crippen molar-refractivity contribution in [2.24, 2.45) is 0 Å². The van der Waals surface area contributed by atoms with Crippen molar-refractivity contribution in [2.75, 3.05) is 6.61 Å². The highest BCUT2D eigenvalue weighted by molar-refractivity contribution is 7.13. The Morgan fingerprint density at radius 2 is 2.00 bits per heavy atom. The van der Waals surface area contributed by atoms with Gasteiger partial charge in [0.1, 0.15) is 10.8 Å². The summed E-state index contributed by atoms with van der Waals surface area (Å²) in [6.07, 6.45) is 0.276. The molecule has 1 amide bonds. The van der Waals surface area contributed by atoms with Gasteiger partial charge >= 0.3 is 0 Å². The van der Waals surface area contributed by atoms with Crippen molar-refractivity contribution in [3.8, 4) is 16.3 Å². The lowest BCUT2D eigenvalue weighted by Crippen LogP contribution is -2.25. The third-order valence-corrected chi connectivity index (χ3v) is 5.21. The van der Waals surface area contributed by atoms with Gasteiger partial charge in [-0.25, -0.2) is 4.98 Å². The number of thiazole rings is 1. The normalized spacial score (nSPS) is 10.6. The zero-order valence-electron chi connectivity index (χ0n) is 15.9. The third-order valence-electron chi connectivity index (χ3n) is 4.28. The summed E-state index contributed by atoms with van der Waals surface area (Å²) in [6.45, 7) is 7.24. The Balaban J connectivity index is 1.63. The fraction of sp³-hybridized carbons (Fsp3) is 0.273. The summed E-state index contributed by atoms with van der Waals surface area (Å²) in [5.74, 6) is 0.796. The molecule has 0 aliphatic heterocycles. The molecule has 0 saturated carbocycles. The van der Waals surface area contributed by atoms with Crippen LogP contribution in [0, 0.1) is 13.8 Å². The van der Waals surface area contributed by atoms with E-state index in [9.17, 15) is 4.79 Å². The van der Waals surface area contributed by atoms with Crippen LogP contribution in [0.15, 0.2) is 47.8 Å². The average molecular weight is 381 g/mol. The standard InChI is InChI=1S/C22H24N2O2S/c1-4-26-20-8-6-5-7-19(20)22-24-18(14-27-22)12-21(25)23-13-17-10-9-15(2)11-16(17)3/h5-11,14H,4,12-13H2,1-3H3,(H,23,25). The van der Waals surface area contributed by atoms with Crippen LogP contribution in [0.4, 0.5) is 0 Å². The maximum absolute atomic E-state index is 12.3. The van der Waals surface area contributed by atoms with E-state index in [0.29, 0.717) is 13.2 Å². The molecule has 0 atom stereocenters. The quantitative estimate of drug-likeness (QED) is 0.647. The molecule has 0 aliphatic carbocycles. The molecular weight excluding hydrogens is 356 g/mol. The van der Waals surface area contributed by atoms with E-state index in [0.717, 1.165) is 27.6 Å². The molecule has 0 saturated heterocycles. The second kappa shape index (κ2) is 8.82. The topological polar surface area (TPSA) is 51.2 Å². The lowest BCUT2D eigenvalue weighted by molar-refractivity contribution is -0.120. The van der Waals surface area contributed by atoms with Gasteiger partial charge in [-0.3, -0.25) is 4.79 Å². The number of benzene rings is 2. The van der Waals surface area contributed by atoms with Gasteiger partial charge in [0.15, 0.2) is 0 Å². The molecule has 1 N–H and O–H groups in total. The molecule has 0 spiro atoms. The first-order chi connectivity index (χ1) is 13.1. The van der Waals surface area contributed by atoms with Crippen LogP contribution in [0.25, 0.3) is 10.6 Å². The van der Waals surface area contributed by atoms with Gasteiger partial charge in [0.05, 0.1) is 24.3 Å². The number of ether oxygens (including phenoxy) is 1. The highest BCUT2D eigenvalue weighted by atomic mass is 32.1. The minimum atomic E-state index is -0.0232. The number of hydrogen-bond donors (Lipinski definition) is 1. The number of hydrogen-bond acceptors (Lipinski definition) is 4. The summed E-state index contributed by atoms with van der Waals surface area (Å²) in [4.78, 5) is 16.9. The molecule has 4 nitrogen and oxygen atoms in total. The van der Waals surface area contributed by atoms with Gasteiger partial charge < -0.3 is 10.1 Å². The van der Waals surface area contributed by atoms with Gasteiger partial charge in [0.2, 0.25) is 5.91 Å². The zero-order chi connectivity index (χ0) is 19.2.